The second-order valence-electron chi connectivity index (χ2n) is 6.14. The maximum absolute atomic E-state index is 6.20. The maximum atomic E-state index is 6.20. The van der Waals surface area contributed by atoms with Crippen molar-refractivity contribution in [3.63, 3.8) is 0 Å². The average molecular weight is 505 g/mol. The van der Waals surface area contributed by atoms with Gasteiger partial charge in [0.15, 0.2) is 10.9 Å². The first-order valence-corrected chi connectivity index (χ1v) is 10.3. The molecule has 1 fully saturated rings. The zero-order valence-electron chi connectivity index (χ0n) is 13.4. The molecule has 0 spiro atoms. The number of thiocarbonyl (C=S) groups is 1. The van der Waals surface area contributed by atoms with Crippen LogP contribution in [-0.4, -0.2) is 21.6 Å². The third-order valence-corrected chi connectivity index (χ3v) is 5.93. The minimum absolute atomic E-state index is 0.0687. The van der Waals surface area contributed by atoms with Gasteiger partial charge in [0, 0.05) is 17.0 Å². The molecule has 8 heteroatoms. The molecule has 1 aromatic heterocycles. The highest BCUT2D eigenvalue weighted by molar-refractivity contribution is 9.11. The zero-order valence-corrected chi connectivity index (χ0v) is 18.1. The van der Waals surface area contributed by atoms with E-state index in [0.29, 0.717) is 20.1 Å². The molecule has 0 bridgehead atoms. The highest BCUT2D eigenvalue weighted by atomic mass is 79.9. The van der Waals surface area contributed by atoms with Crippen LogP contribution >= 0.6 is 55.7 Å². The molecule has 0 amide bonds. The second-order valence-corrected chi connectivity index (χ2v) is 8.55. The van der Waals surface area contributed by atoms with Gasteiger partial charge in [-0.1, -0.05) is 36.6 Å². The number of benzene rings is 1. The van der Waals surface area contributed by atoms with Gasteiger partial charge in [0.2, 0.25) is 0 Å². The molecule has 1 saturated carbocycles. The topological polar surface area (TPSA) is 49.8 Å². The summed E-state index contributed by atoms with van der Waals surface area (Å²) in [6.45, 7) is 0.765. The van der Waals surface area contributed by atoms with E-state index in [9.17, 15) is 0 Å². The largest absolute Gasteiger partial charge is 0.362 e. The third-order valence-electron chi connectivity index (χ3n) is 4.52. The highest BCUT2D eigenvalue weighted by Gasteiger charge is 2.35. The quantitative estimate of drug-likeness (QED) is 0.542. The summed E-state index contributed by atoms with van der Waals surface area (Å²) in [6, 6.07) is 8.16. The van der Waals surface area contributed by atoms with Crippen molar-refractivity contribution in [3.8, 4) is 0 Å². The zero-order chi connectivity index (χ0) is 17.9. The van der Waals surface area contributed by atoms with E-state index in [1.165, 1.54) is 18.4 Å². The monoisotopic (exact) mass is 502 g/mol. The molecule has 0 radical (unpaired) electrons. The summed E-state index contributed by atoms with van der Waals surface area (Å²) in [4.78, 5) is 8.51. The molecule has 1 aliphatic rings. The predicted molar refractivity (Wildman–Crippen MR) is 113 cm³/mol. The van der Waals surface area contributed by atoms with Crippen LogP contribution in [-0.2, 0) is 5.41 Å². The molecule has 1 aromatic carbocycles. The van der Waals surface area contributed by atoms with Gasteiger partial charge < -0.3 is 10.6 Å². The van der Waals surface area contributed by atoms with E-state index in [1.54, 1.807) is 6.20 Å². The summed E-state index contributed by atoms with van der Waals surface area (Å²) in [5, 5.41) is 7.75. The Bertz CT molecular complexity index is 781. The van der Waals surface area contributed by atoms with E-state index in [-0.39, 0.29) is 5.41 Å². The molecule has 3 rings (SSSR count). The Morgan fingerprint density at radius 1 is 1.28 bits per heavy atom. The van der Waals surface area contributed by atoms with Crippen LogP contribution in [0.25, 0.3) is 0 Å². The summed E-state index contributed by atoms with van der Waals surface area (Å²) < 4.78 is 1.27. The minimum atomic E-state index is 0.0687. The molecule has 4 nitrogen and oxygen atoms in total. The van der Waals surface area contributed by atoms with Crippen molar-refractivity contribution >= 4 is 66.6 Å². The fraction of sp³-hybridized carbons (Fsp3) is 0.353. The first kappa shape index (κ1) is 19.0. The van der Waals surface area contributed by atoms with E-state index in [1.807, 2.05) is 12.1 Å². The lowest BCUT2D eigenvalue weighted by molar-refractivity contribution is 0.435. The summed E-state index contributed by atoms with van der Waals surface area (Å²) in [7, 11) is 0. The van der Waals surface area contributed by atoms with Crippen molar-refractivity contribution in [2.24, 2.45) is 0 Å². The molecule has 0 unspecified atom stereocenters. The summed E-state index contributed by atoms with van der Waals surface area (Å²) >= 11 is 18.3. The normalized spacial score (nSPS) is 15.8. The van der Waals surface area contributed by atoms with Gasteiger partial charge in [-0.2, -0.15) is 0 Å². The van der Waals surface area contributed by atoms with Gasteiger partial charge in [0.25, 0.3) is 0 Å². The maximum Gasteiger partial charge on any atom is 0.172 e. The lowest BCUT2D eigenvalue weighted by Crippen LogP contribution is -2.41. The number of nitrogens with zero attached hydrogens (tertiary/aromatic N) is 2. The van der Waals surface area contributed by atoms with Gasteiger partial charge in [0.1, 0.15) is 9.21 Å². The number of aromatic nitrogens is 2. The van der Waals surface area contributed by atoms with Crippen LogP contribution in [0.4, 0.5) is 5.82 Å². The van der Waals surface area contributed by atoms with Gasteiger partial charge in [-0.25, -0.2) is 9.97 Å². The molecular formula is C17H17Br2ClN4S. The fourth-order valence-corrected chi connectivity index (χ4v) is 4.54. The molecular weight excluding hydrogens is 488 g/mol. The first-order chi connectivity index (χ1) is 12.0. The van der Waals surface area contributed by atoms with Crippen LogP contribution in [0.5, 0.6) is 0 Å². The summed E-state index contributed by atoms with van der Waals surface area (Å²) in [6.07, 6.45) is 6.33. The number of halogens is 3. The Kier molecular flexibility index (Phi) is 6.30. The fourth-order valence-electron chi connectivity index (χ4n) is 3.27. The van der Waals surface area contributed by atoms with Gasteiger partial charge in [-0.05, 0) is 74.6 Å². The standard InChI is InChI=1S/C17H17Br2ClN4S/c18-13-9-21-15(14(19)23-13)24-16(25)22-10-17(6-1-2-7-17)11-4-3-5-12(20)8-11/h3-5,8-9H,1-2,6-7,10H2,(H2,21,22,24,25). The van der Waals surface area contributed by atoms with Crippen LogP contribution in [0.15, 0.2) is 39.7 Å². The average Bonchev–Trinajstić information content (AvgIpc) is 3.06. The summed E-state index contributed by atoms with van der Waals surface area (Å²) in [5.74, 6) is 0.587. The minimum Gasteiger partial charge on any atom is -0.362 e. The molecule has 0 aliphatic heterocycles. The van der Waals surface area contributed by atoms with Crippen LogP contribution in [0, 0.1) is 0 Å². The third kappa shape index (κ3) is 4.70. The SMILES string of the molecule is S=C(NCC1(c2cccc(Cl)c2)CCCC1)Nc1ncc(Br)nc1Br. The van der Waals surface area contributed by atoms with Crippen molar-refractivity contribution in [2.75, 3.05) is 11.9 Å². The molecule has 1 heterocycles. The van der Waals surface area contributed by atoms with Crippen molar-refractivity contribution < 1.29 is 0 Å². The number of nitrogens with one attached hydrogen (secondary N) is 2. The molecule has 25 heavy (non-hydrogen) atoms. The molecule has 132 valence electrons. The van der Waals surface area contributed by atoms with Gasteiger partial charge in [0.05, 0.1) is 6.20 Å². The van der Waals surface area contributed by atoms with E-state index in [0.717, 1.165) is 24.4 Å². The highest BCUT2D eigenvalue weighted by Crippen LogP contribution is 2.41. The Balaban J connectivity index is 1.68. The van der Waals surface area contributed by atoms with Crippen molar-refractivity contribution in [1.82, 2.24) is 15.3 Å². The smallest absolute Gasteiger partial charge is 0.172 e. The molecule has 2 N–H and O–H groups in total. The lowest BCUT2D eigenvalue weighted by Gasteiger charge is -2.30. The Morgan fingerprint density at radius 3 is 2.72 bits per heavy atom. The van der Waals surface area contributed by atoms with E-state index < -0.39 is 0 Å². The number of anilines is 1. The lowest BCUT2D eigenvalue weighted by atomic mass is 9.79. The molecule has 2 aromatic rings. The molecule has 0 saturated heterocycles. The van der Waals surface area contributed by atoms with Crippen LogP contribution in [0.1, 0.15) is 31.2 Å². The Morgan fingerprint density at radius 2 is 2.04 bits per heavy atom. The van der Waals surface area contributed by atoms with Crippen molar-refractivity contribution in [3.05, 3.63) is 50.3 Å². The number of hydrogen-bond donors (Lipinski definition) is 2. The van der Waals surface area contributed by atoms with Crippen LogP contribution in [0.2, 0.25) is 5.02 Å². The van der Waals surface area contributed by atoms with Gasteiger partial charge in [-0.15, -0.1) is 0 Å². The predicted octanol–water partition coefficient (Wildman–Crippen LogP) is 5.45. The van der Waals surface area contributed by atoms with E-state index in [4.69, 9.17) is 23.8 Å². The second kappa shape index (κ2) is 8.29. The van der Waals surface area contributed by atoms with Crippen LogP contribution in [0.3, 0.4) is 0 Å². The molecule has 1 aliphatic carbocycles. The van der Waals surface area contributed by atoms with Crippen LogP contribution < -0.4 is 10.6 Å². The van der Waals surface area contributed by atoms with E-state index >= 15 is 0 Å². The molecule has 0 atom stereocenters. The van der Waals surface area contributed by atoms with E-state index in [2.05, 4.69) is 64.6 Å². The number of hydrogen-bond acceptors (Lipinski definition) is 3. The van der Waals surface area contributed by atoms with Crippen molar-refractivity contribution in [2.45, 2.75) is 31.1 Å². The number of rotatable bonds is 4. The summed E-state index contributed by atoms with van der Waals surface area (Å²) in [5.41, 5.74) is 1.34. The van der Waals surface area contributed by atoms with Crippen molar-refractivity contribution in [1.29, 1.82) is 0 Å². The Labute approximate surface area is 174 Å². The first-order valence-electron chi connectivity index (χ1n) is 7.97. The van der Waals surface area contributed by atoms with Gasteiger partial charge >= 0.3 is 0 Å². The Hall–Kier alpha value is -0.760. The van der Waals surface area contributed by atoms with Gasteiger partial charge in [-0.3, -0.25) is 0 Å².